The molecule has 0 N–H and O–H groups in total. The highest BCUT2D eigenvalue weighted by Gasteiger charge is 2.24. The van der Waals surface area contributed by atoms with E-state index in [0.717, 1.165) is 36.5 Å². The minimum absolute atomic E-state index is 0.0143. The van der Waals surface area contributed by atoms with Crippen LogP contribution >= 0.6 is 0 Å². The summed E-state index contributed by atoms with van der Waals surface area (Å²) < 4.78 is 6.85. The summed E-state index contributed by atoms with van der Waals surface area (Å²) >= 11 is 0. The van der Waals surface area contributed by atoms with Crippen LogP contribution in [0.15, 0.2) is 53.5 Å². The van der Waals surface area contributed by atoms with E-state index >= 15 is 0 Å². The normalized spacial score (nSPS) is 17.7. The second kappa shape index (κ2) is 6.92. The SMILES string of the molecule is COc1ccc([C@@H]2CCN(Cc3cc(=O)n4cc(C)ccc4n3)C2)cc1. The van der Waals surface area contributed by atoms with Gasteiger partial charge in [-0.15, -0.1) is 0 Å². The van der Waals surface area contributed by atoms with Crippen molar-refractivity contribution in [2.24, 2.45) is 0 Å². The molecule has 1 saturated heterocycles. The third-order valence-electron chi connectivity index (χ3n) is 5.11. The average Bonchev–Trinajstić information content (AvgIpc) is 3.11. The third kappa shape index (κ3) is 3.35. The van der Waals surface area contributed by atoms with Crippen LogP contribution in [-0.2, 0) is 6.54 Å². The molecule has 1 aliphatic rings. The zero-order valence-electron chi connectivity index (χ0n) is 15.2. The van der Waals surface area contributed by atoms with E-state index < -0.39 is 0 Å². The predicted molar refractivity (Wildman–Crippen MR) is 102 cm³/mol. The quantitative estimate of drug-likeness (QED) is 0.726. The fourth-order valence-corrected chi connectivity index (χ4v) is 3.69. The topological polar surface area (TPSA) is 46.8 Å². The van der Waals surface area contributed by atoms with E-state index in [9.17, 15) is 4.79 Å². The van der Waals surface area contributed by atoms with Gasteiger partial charge in [0.1, 0.15) is 11.4 Å². The van der Waals surface area contributed by atoms with Crippen molar-refractivity contribution in [2.45, 2.75) is 25.8 Å². The van der Waals surface area contributed by atoms with E-state index in [0.29, 0.717) is 18.1 Å². The molecule has 1 fully saturated rings. The molecule has 0 spiro atoms. The maximum atomic E-state index is 12.4. The van der Waals surface area contributed by atoms with Crippen molar-refractivity contribution in [3.8, 4) is 5.75 Å². The standard InChI is InChI=1S/C21H23N3O2/c1-15-3-8-20-22-18(11-21(25)24(20)12-15)14-23-10-9-17(13-23)16-4-6-19(26-2)7-5-16/h3-8,11-12,17H,9-10,13-14H2,1-2H3/t17-/m1/s1. The monoisotopic (exact) mass is 349 g/mol. The van der Waals surface area contributed by atoms with Crippen LogP contribution in [0.2, 0.25) is 0 Å². The molecule has 0 aliphatic carbocycles. The molecule has 0 amide bonds. The second-order valence-corrected chi connectivity index (χ2v) is 7.01. The van der Waals surface area contributed by atoms with Crippen molar-refractivity contribution in [3.63, 3.8) is 0 Å². The van der Waals surface area contributed by atoms with Gasteiger partial charge in [-0.2, -0.15) is 0 Å². The van der Waals surface area contributed by atoms with Gasteiger partial charge in [0.2, 0.25) is 0 Å². The molecule has 26 heavy (non-hydrogen) atoms. The first-order chi connectivity index (χ1) is 12.6. The third-order valence-corrected chi connectivity index (χ3v) is 5.11. The second-order valence-electron chi connectivity index (χ2n) is 7.01. The molecule has 1 atom stereocenters. The average molecular weight is 349 g/mol. The first-order valence-corrected chi connectivity index (χ1v) is 8.97. The van der Waals surface area contributed by atoms with Crippen LogP contribution in [0, 0.1) is 6.92 Å². The maximum Gasteiger partial charge on any atom is 0.258 e. The Balaban J connectivity index is 1.49. The number of aromatic nitrogens is 2. The lowest BCUT2D eigenvalue weighted by Crippen LogP contribution is -2.23. The molecule has 0 radical (unpaired) electrons. The van der Waals surface area contributed by atoms with E-state index in [1.165, 1.54) is 5.56 Å². The summed E-state index contributed by atoms with van der Waals surface area (Å²) in [6, 6.07) is 13.9. The van der Waals surface area contributed by atoms with Gasteiger partial charge in [0.15, 0.2) is 0 Å². The van der Waals surface area contributed by atoms with Crippen molar-refractivity contribution in [3.05, 3.63) is 75.8 Å². The van der Waals surface area contributed by atoms with E-state index in [1.54, 1.807) is 17.6 Å². The molecule has 3 heterocycles. The van der Waals surface area contributed by atoms with Crippen molar-refractivity contribution < 1.29 is 4.74 Å². The number of ether oxygens (including phenoxy) is 1. The highest BCUT2D eigenvalue weighted by molar-refractivity contribution is 5.40. The molecule has 0 bridgehead atoms. The number of methoxy groups -OCH3 is 1. The predicted octanol–water partition coefficient (Wildman–Crippen LogP) is 3.00. The lowest BCUT2D eigenvalue weighted by atomic mass is 9.98. The number of likely N-dealkylation sites (tertiary alicyclic amines) is 1. The summed E-state index contributed by atoms with van der Waals surface area (Å²) in [7, 11) is 1.69. The van der Waals surface area contributed by atoms with Crippen molar-refractivity contribution in [1.29, 1.82) is 0 Å². The molecule has 5 heteroatoms. The van der Waals surface area contributed by atoms with Crippen LogP contribution in [0.4, 0.5) is 0 Å². The first kappa shape index (κ1) is 16.8. The smallest absolute Gasteiger partial charge is 0.258 e. The Labute approximate surface area is 152 Å². The minimum Gasteiger partial charge on any atom is -0.497 e. The summed E-state index contributed by atoms with van der Waals surface area (Å²) in [5.41, 5.74) is 3.93. The molecule has 5 nitrogen and oxygen atoms in total. The van der Waals surface area contributed by atoms with Gasteiger partial charge in [0.25, 0.3) is 5.56 Å². The molecule has 2 aromatic heterocycles. The van der Waals surface area contributed by atoms with Gasteiger partial charge in [-0.05, 0) is 55.1 Å². The number of hydrogen-bond acceptors (Lipinski definition) is 4. The molecular weight excluding hydrogens is 326 g/mol. The largest absolute Gasteiger partial charge is 0.497 e. The Hall–Kier alpha value is -2.66. The molecule has 4 rings (SSSR count). The molecule has 1 aliphatic heterocycles. The molecule has 0 saturated carbocycles. The Kier molecular flexibility index (Phi) is 4.47. The van der Waals surface area contributed by atoms with Crippen LogP contribution in [0.1, 0.15) is 29.2 Å². The number of aryl methyl sites for hydroxylation is 1. The summed E-state index contributed by atoms with van der Waals surface area (Å²) in [6.45, 7) is 4.70. The zero-order valence-corrected chi connectivity index (χ0v) is 15.2. The molecular formula is C21H23N3O2. The van der Waals surface area contributed by atoms with Gasteiger partial charge < -0.3 is 4.74 Å². The van der Waals surface area contributed by atoms with Gasteiger partial charge in [-0.3, -0.25) is 14.1 Å². The zero-order chi connectivity index (χ0) is 18.1. The number of benzene rings is 1. The summed E-state index contributed by atoms with van der Waals surface area (Å²) in [4.78, 5) is 19.4. The van der Waals surface area contributed by atoms with Crippen LogP contribution in [0.5, 0.6) is 5.75 Å². The molecule has 3 aromatic rings. The van der Waals surface area contributed by atoms with Gasteiger partial charge in [-0.1, -0.05) is 18.2 Å². The van der Waals surface area contributed by atoms with Crippen molar-refractivity contribution >= 4 is 5.65 Å². The van der Waals surface area contributed by atoms with E-state index in [4.69, 9.17) is 4.74 Å². The van der Waals surface area contributed by atoms with E-state index in [2.05, 4.69) is 22.0 Å². The highest BCUT2D eigenvalue weighted by atomic mass is 16.5. The first-order valence-electron chi connectivity index (χ1n) is 8.97. The molecule has 0 unspecified atom stereocenters. The molecule has 1 aromatic carbocycles. The van der Waals surface area contributed by atoms with Gasteiger partial charge in [-0.25, -0.2) is 4.98 Å². The van der Waals surface area contributed by atoms with Crippen LogP contribution in [0.3, 0.4) is 0 Å². The Morgan fingerprint density at radius 3 is 2.77 bits per heavy atom. The Bertz CT molecular complexity index is 979. The number of pyridine rings is 1. The van der Waals surface area contributed by atoms with Crippen LogP contribution < -0.4 is 10.3 Å². The lowest BCUT2D eigenvalue weighted by molar-refractivity contribution is 0.322. The van der Waals surface area contributed by atoms with Gasteiger partial charge in [0.05, 0.1) is 12.8 Å². The van der Waals surface area contributed by atoms with Crippen molar-refractivity contribution in [2.75, 3.05) is 20.2 Å². The molecule has 134 valence electrons. The summed E-state index contributed by atoms with van der Waals surface area (Å²) in [6.07, 6.45) is 2.96. The van der Waals surface area contributed by atoms with Gasteiger partial charge >= 0.3 is 0 Å². The maximum absolute atomic E-state index is 12.4. The summed E-state index contributed by atoms with van der Waals surface area (Å²) in [5, 5.41) is 0. The Morgan fingerprint density at radius 2 is 2.00 bits per heavy atom. The van der Waals surface area contributed by atoms with Crippen LogP contribution in [-0.4, -0.2) is 34.5 Å². The fraction of sp³-hybridized carbons (Fsp3) is 0.333. The number of hydrogen-bond donors (Lipinski definition) is 0. The van der Waals surface area contributed by atoms with Crippen molar-refractivity contribution in [1.82, 2.24) is 14.3 Å². The summed E-state index contributed by atoms with van der Waals surface area (Å²) in [5.74, 6) is 1.41. The number of fused-ring (bicyclic) bond motifs is 1. The highest BCUT2D eigenvalue weighted by Crippen LogP contribution is 2.29. The van der Waals surface area contributed by atoms with E-state index in [-0.39, 0.29) is 5.56 Å². The Morgan fingerprint density at radius 1 is 1.19 bits per heavy atom. The lowest BCUT2D eigenvalue weighted by Gasteiger charge is -2.16. The van der Waals surface area contributed by atoms with Crippen LogP contribution in [0.25, 0.3) is 5.65 Å². The van der Waals surface area contributed by atoms with E-state index in [1.807, 2.05) is 37.4 Å². The number of nitrogens with zero attached hydrogens (tertiary/aromatic N) is 3. The fourth-order valence-electron chi connectivity index (χ4n) is 3.69. The number of rotatable bonds is 4. The van der Waals surface area contributed by atoms with Gasteiger partial charge in [0, 0.05) is 25.4 Å². The minimum atomic E-state index is -0.0143.